The molecule has 0 radical (unpaired) electrons. The van der Waals surface area contributed by atoms with Crippen molar-refractivity contribution in [2.75, 3.05) is 33.2 Å². The molecule has 1 aliphatic rings. The van der Waals surface area contributed by atoms with Crippen LogP contribution in [0.1, 0.15) is 23.0 Å². The summed E-state index contributed by atoms with van der Waals surface area (Å²) in [5.41, 5.74) is 2.39. The summed E-state index contributed by atoms with van der Waals surface area (Å²) in [5, 5.41) is 5.05. The van der Waals surface area contributed by atoms with Crippen LogP contribution in [0, 0.1) is 0 Å². The molecule has 1 amide bonds. The van der Waals surface area contributed by atoms with Gasteiger partial charge in [0.1, 0.15) is 0 Å². The molecule has 0 atom stereocenters. The number of hydrogen-bond acceptors (Lipinski definition) is 3. The molecular formula is C17H21ClN4O. The van der Waals surface area contributed by atoms with Crippen LogP contribution >= 0.6 is 11.6 Å². The lowest BCUT2D eigenvalue weighted by molar-refractivity contribution is 0.0663. The van der Waals surface area contributed by atoms with Crippen LogP contribution in [0.2, 0.25) is 5.02 Å². The summed E-state index contributed by atoms with van der Waals surface area (Å²) in [6.07, 6.45) is 2.39. The van der Waals surface area contributed by atoms with Crippen LogP contribution in [0.15, 0.2) is 30.5 Å². The van der Waals surface area contributed by atoms with Gasteiger partial charge in [-0.3, -0.25) is 4.79 Å². The molecule has 122 valence electrons. The normalized spacial score (nSPS) is 15.9. The number of piperazine rings is 1. The molecule has 1 aromatic heterocycles. The monoisotopic (exact) mass is 332 g/mol. The van der Waals surface area contributed by atoms with Gasteiger partial charge in [0.2, 0.25) is 0 Å². The van der Waals surface area contributed by atoms with Crippen molar-refractivity contribution in [1.29, 1.82) is 0 Å². The molecule has 1 fully saturated rings. The van der Waals surface area contributed by atoms with Crippen molar-refractivity contribution in [3.8, 4) is 5.69 Å². The molecule has 2 heterocycles. The van der Waals surface area contributed by atoms with E-state index in [-0.39, 0.29) is 5.91 Å². The number of rotatable bonds is 3. The Morgan fingerprint density at radius 2 is 1.91 bits per heavy atom. The first-order valence-corrected chi connectivity index (χ1v) is 8.29. The third kappa shape index (κ3) is 3.12. The van der Waals surface area contributed by atoms with Gasteiger partial charge in [0, 0.05) is 26.2 Å². The lowest BCUT2D eigenvalue weighted by Crippen LogP contribution is -2.47. The van der Waals surface area contributed by atoms with Gasteiger partial charge in [-0.1, -0.05) is 30.7 Å². The van der Waals surface area contributed by atoms with Crippen LogP contribution < -0.4 is 0 Å². The molecule has 6 heteroatoms. The van der Waals surface area contributed by atoms with Gasteiger partial charge in [-0.05, 0) is 25.6 Å². The number of para-hydroxylation sites is 1. The first-order chi connectivity index (χ1) is 11.1. The minimum absolute atomic E-state index is 0.0632. The van der Waals surface area contributed by atoms with Gasteiger partial charge < -0.3 is 9.80 Å². The maximum atomic E-state index is 12.8. The fourth-order valence-electron chi connectivity index (χ4n) is 2.90. The molecule has 0 saturated carbocycles. The second-order valence-corrected chi connectivity index (χ2v) is 6.22. The Morgan fingerprint density at radius 1 is 1.22 bits per heavy atom. The predicted molar refractivity (Wildman–Crippen MR) is 91.4 cm³/mol. The number of carbonyl (C=O) groups is 1. The number of nitrogens with zero attached hydrogens (tertiary/aromatic N) is 4. The maximum Gasteiger partial charge on any atom is 0.257 e. The SMILES string of the molecule is CCc1c(C(=O)N2CCN(C)CC2)cnn1-c1ccccc1Cl. The summed E-state index contributed by atoms with van der Waals surface area (Å²) in [6, 6.07) is 7.56. The maximum absolute atomic E-state index is 12.8. The van der Waals surface area contributed by atoms with E-state index in [1.54, 1.807) is 10.9 Å². The number of hydrogen-bond donors (Lipinski definition) is 0. The average molecular weight is 333 g/mol. The van der Waals surface area contributed by atoms with E-state index in [0.717, 1.165) is 44.0 Å². The Morgan fingerprint density at radius 3 is 2.57 bits per heavy atom. The molecule has 1 saturated heterocycles. The van der Waals surface area contributed by atoms with E-state index in [0.29, 0.717) is 10.6 Å². The number of amides is 1. The summed E-state index contributed by atoms with van der Waals surface area (Å²) in [4.78, 5) is 17.0. The summed E-state index contributed by atoms with van der Waals surface area (Å²) in [7, 11) is 2.08. The van der Waals surface area contributed by atoms with Crippen molar-refractivity contribution >= 4 is 17.5 Å². The summed E-state index contributed by atoms with van der Waals surface area (Å²) in [5.74, 6) is 0.0632. The third-order valence-corrected chi connectivity index (χ3v) is 4.62. The van der Waals surface area contributed by atoms with Crippen LogP contribution in [0.4, 0.5) is 0 Å². The highest BCUT2D eigenvalue weighted by Gasteiger charge is 2.25. The van der Waals surface area contributed by atoms with Crippen molar-refractivity contribution in [1.82, 2.24) is 19.6 Å². The summed E-state index contributed by atoms with van der Waals surface area (Å²) >= 11 is 6.28. The molecule has 5 nitrogen and oxygen atoms in total. The van der Waals surface area contributed by atoms with Crippen LogP contribution in [0.25, 0.3) is 5.69 Å². The number of halogens is 1. The first kappa shape index (κ1) is 16.0. The highest BCUT2D eigenvalue weighted by molar-refractivity contribution is 6.32. The molecule has 23 heavy (non-hydrogen) atoms. The average Bonchev–Trinajstić information content (AvgIpc) is 2.99. The zero-order valence-electron chi connectivity index (χ0n) is 13.5. The molecule has 2 aromatic rings. The first-order valence-electron chi connectivity index (χ1n) is 7.91. The van der Waals surface area contributed by atoms with Crippen LogP contribution in [-0.4, -0.2) is 58.7 Å². The van der Waals surface area contributed by atoms with Crippen molar-refractivity contribution in [2.24, 2.45) is 0 Å². The van der Waals surface area contributed by atoms with E-state index in [1.807, 2.05) is 36.1 Å². The zero-order chi connectivity index (χ0) is 16.4. The predicted octanol–water partition coefficient (Wildman–Crippen LogP) is 2.48. The van der Waals surface area contributed by atoms with Crippen LogP contribution in [-0.2, 0) is 6.42 Å². The molecule has 3 rings (SSSR count). The molecule has 1 aromatic carbocycles. The molecule has 1 aliphatic heterocycles. The van der Waals surface area contributed by atoms with E-state index in [1.165, 1.54) is 0 Å². The van der Waals surface area contributed by atoms with Crippen molar-refractivity contribution in [3.05, 3.63) is 46.7 Å². The number of benzene rings is 1. The molecule has 0 N–H and O–H groups in total. The van der Waals surface area contributed by atoms with Gasteiger partial charge in [0.15, 0.2) is 0 Å². The minimum atomic E-state index is 0.0632. The minimum Gasteiger partial charge on any atom is -0.336 e. The largest absolute Gasteiger partial charge is 0.336 e. The fourth-order valence-corrected chi connectivity index (χ4v) is 3.12. The molecular weight excluding hydrogens is 312 g/mol. The number of carbonyl (C=O) groups excluding carboxylic acids is 1. The van der Waals surface area contributed by atoms with Crippen molar-refractivity contribution in [2.45, 2.75) is 13.3 Å². The Labute approximate surface area is 141 Å². The highest BCUT2D eigenvalue weighted by atomic mass is 35.5. The topological polar surface area (TPSA) is 41.4 Å². The number of aromatic nitrogens is 2. The van der Waals surface area contributed by atoms with E-state index in [9.17, 15) is 4.79 Å². The van der Waals surface area contributed by atoms with Crippen molar-refractivity contribution in [3.63, 3.8) is 0 Å². The second-order valence-electron chi connectivity index (χ2n) is 5.82. The van der Waals surface area contributed by atoms with Gasteiger partial charge >= 0.3 is 0 Å². The Hall–Kier alpha value is -1.85. The molecule has 0 aliphatic carbocycles. The lowest BCUT2D eigenvalue weighted by atomic mass is 10.1. The van der Waals surface area contributed by atoms with E-state index in [2.05, 4.69) is 17.0 Å². The zero-order valence-corrected chi connectivity index (χ0v) is 14.3. The van der Waals surface area contributed by atoms with Crippen LogP contribution in [0.5, 0.6) is 0 Å². The number of likely N-dealkylation sites (N-methyl/N-ethyl adjacent to an activating group) is 1. The van der Waals surface area contributed by atoms with E-state index >= 15 is 0 Å². The Balaban J connectivity index is 1.92. The van der Waals surface area contributed by atoms with Crippen LogP contribution in [0.3, 0.4) is 0 Å². The third-order valence-electron chi connectivity index (χ3n) is 4.31. The summed E-state index contributed by atoms with van der Waals surface area (Å²) in [6.45, 7) is 5.37. The Kier molecular flexibility index (Phi) is 4.68. The molecule has 0 unspecified atom stereocenters. The van der Waals surface area contributed by atoms with Gasteiger partial charge in [0.05, 0.1) is 28.2 Å². The van der Waals surface area contributed by atoms with Gasteiger partial charge in [-0.25, -0.2) is 4.68 Å². The van der Waals surface area contributed by atoms with E-state index in [4.69, 9.17) is 11.6 Å². The Bertz CT molecular complexity index is 704. The van der Waals surface area contributed by atoms with Crippen molar-refractivity contribution < 1.29 is 4.79 Å². The smallest absolute Gasteiger partial charge is 0.257 e. The van der Waals surface area contributed by atoms with Gasteiger partial charge in [-0.2, -0.15) is 5.10 Å². The second kappa shape index (κ2) is 6.72. The quantitative estimate of drug-likeness (QED) is 0.867. The fraction of sp³-hybridized carbons (Fsp3) is 0.412. The highest BCUT2D eigenvalue weighted by Crippen LogP contribution is 2.23. The standard InChI is InChI=1S/C17H21ClN4O/c1-3-15-13(17(23)21-10-8-20(2)9-11-21)12-19-22(15)16-7-5-4-6-14(16)18/h4-7,12H,3,8-11H2,1-2H3. The van der Waals surface area contributed by atoms with Gasteiger partial charge in [0.25, 0.3) is 5.91 Å². The summed E-state index contributed by atoms with van der Waals surface area (Å²) < 4.78 is 1.78. The lowest BCUT2D eigenvalue weighted by Gasteiger charge is -2.32. The molecule has 0 bridgehead atoms. The van der Waals surface area contributed by atoms with Gasteiger partial charge in [-0.15, -0.1) is 0 Å². The van der Waals surface area contributed by atoms with E-state index < -0.39 is 0 Å². The molecule has 0 spiro atoms.